The highest BCUT2D eigenvalue weighted by atomic mass is 32.1. The Morgan fingerprint density at radius 3 is 2.63 bits per heavy atom. The summed E-state index contributed by atoms with van der Waals surface area (Å²) in [5.74, 6) is 0.832. The number of rotatable bonds is 6. The first-order valence-electron chi connectivity index (χ1n) is 12.8. The molecule has 0 unspecified atom stereocenters. The summed E-state index contributed by atoms with van der Waals surface area (Å²) in [6, 6.07) is 14.0. The van der Waals surface area contributed by atoms with Crippen LogP contribution in [0.4, 0.5) is 0 Å². The van der Waals surface area contributed by atoms with Crippen LogP contribution in [0.1, 0.15) is 48.1 Å². The maximum atomic E-state index is 11.2. The van der Waals surface area contributed by atoms with Crippen molar-refractivity contribution in [2.24, 2.45) is 5.10 Å². The van der Waals surface area contributed by atoms with Crippen LogP contribution in [-0.2, 0) is 22.4 Å². The fourth-order valence-electron chi connectivity index (χ4n) is 4.13. The highest BCUT2D eigenvalue weighted by molar-refractivity contribution is 7.80. The number of aryl methyl sites for hydroxylation is 2. The second kappa shape index (κ2) is 16.5. The third kappa shape index (κ3) is 9.86. The number of nitrogens with zero attached hydrogens (tertiary/aromatic N) is 3. The number of thiocarbonyl (C=S) groups is 1. The van der Waals surface area contributed by atoms with Gasteiger partial charge in [-0.2, -0.15) is 10.4 Å². The smallest absolute Gasteiger partial charge is 0.236 e. The molecule has 4 rings (SSSR count). The first-order chi connectivity index (χ1) is 18.3. The van der Waals surface area contributed by atoms with E-state index >= 15 is 0 Å². The summed E-state index contributed by atoms with van der Waals surface area (Å²) in [5, 5.41) is 15.3. The summed E-state index contributed by atoms with van der Waals surface area (Å²) < 4.78 is 10.6. The minimum absolute atomic E-state index is 0.106. The summed E-state index contributed by atoms with van der Waals surface area (Å²) in [6.07, 6.45) is 3.64. The highest BCUT2D eigenvalue weighted by Crippen LogP contribution is 2.25. The first kappa shape index (κ1) is 30.9. The molecule has 0 radical (unpaired) electrons. The van der Waals surface area contributed by atoms with Crippen molar-refractivity contribution in [1.29, 1.82) is 5.26 Å². The molecule has 8 nitrogen and oxygen atoms in total. The topological polar surface area (TPSA) is 99.0 Å². The molecule has 38 heavy (non-hydrogen) atoms. The van der Waals surface area contributed by atoms with Crippen LogP contribution >= 0.6 is 12.2 Å². The van der Waals surface area contributed by atoms with Gasteiger partial charge in [0.2, 0.25) is 5.91 Å². The monoisotopic (exact) mass is 537 g/mol. The average molecular weight is 538 g/mol. The van der Waals surface area contributed by atoms with Crippen molar-refractivity contribution in [2.75, 3.05) is 39.9 Å². The molecule has 2 aromatic rings. The van der Waals surface area contributed by atoms with E-state index in [0.717, 1.165) is 30.6 Å². The number of benzene rings is 2. The lowest BCUT2D eigenvalue weighted by atomic mass is 10.0. The molecule has 0 saturated carbocycles. The van der Waals surface area contributed by atoms with E-state index in [-0.39, 0.29) is 12.0 Å². The van der Waals surface area contributed by atoms with E-state index in [4.69, 9.17) is 27.0 Å². The summed E-state index contributed by atoms with van der Waals surface area (Å²) in [5.41, 5.74) is 8.34. The zero-order chi connectivity index (χ0) is 27.9. The maximum Gasteiger partial charge on any atom is 0.236 e. The molecular weight excluding hydrogens is 498 g/mol. The Morgan fingerprint density at radius 1 is 1.26 bits per heavy atom. The third-order valence-corrected chi connectivity index (χ3v) is 6.19. The number of carbonyl (C=O) groups excluding carboxylic acids is 1. The highest BCUT2D eigenvalue weighted by Gasteiger charge is 2.16. The molecule has 1 amide bonds. The zero-order valence-corrected chi connectivity index (χ0v) is 23.7. The number of nitrogens with one attached hydrogen (secondary N) is 2. The molecule has 1 fully saturated rings. The quantitative estimate of drug-likeness (QED) is 0.329. The number of fused-ring (bicyclic) bond motifs is 1. The van der Waals surface area contributed by atoms with Gasteiger partial charge in [0.1, 0.15) is 16.8 Å². The van der Waals surface area contributed by atoms with Crippen LogP contribution in [0.25, 0.3) is 0 Å². The second-order valence-electron chi connectivity index (χ2n) is 9.20. The fourth-order valence-corrected chi connectivity index (χ4v) is 4.38. The average Bonchev–Trinajstić information content (AvgIpc) is 3.40. The minimum Gasteiger partial charge on any atom is -0.490 e. The first-order valence-corrected chi connectivity index (χ1v) is 13.3. The molecule has 2 aromatic carbocycles. The predicted octanol–water partition coefficient (Wildman–Crippen LogP) is 3.77. The lowest BCUT2D eigenvalue weighted by Crippen LogP contribution is -2.44. The normalized spacial score (nSPS) is 13.6. The molecule has 0 aromatic heterocycles. The number of nitriles is 1. The van der Waals surface area contributed by atoms with E-state index in [0.29, 0.717) is 36.1 Å². The van der Waals surface area contributed by atoms with Crippen LogP contribution in [0, 0.1) is 18.3 Å². The molecular formula is C29H39N5O3S. The van der Waals surface area contributed by atoms with E-state index in [1.165, 1.54) is 24.0 Å². The van der Waals surface area contributed by atoms with Crippen LogP contribution in [-0.4, -0.2) is 68.5 Å². The summed E-state index contributed by atoms with van der Waals surface area (Å²) in [4.78, 5) is 13.7. The lowest BCUT2D eigenvalue weighted by molar-refractivity contribution is -0.134. The van der Waals surface area contributed by atoms with Gasteiger partial charge in [0, 0.05) is 25.4 Å². The van der Waals surface area contributed by atoms with Crippen molar-refractivity contribution in [1.82, 2.24) is 15.6 Å². The number of morpholine rings is 1. The molecule has 0 spiro atoms. The van der Waals surface area contributed by atoms with E-state index in [1.807, 2.05) is 49.9 Å². The molecule has 204 valence electrons. The number of hydrogen-bond acceptors (Lipinski definition) is 7. The minimum atomic E-state index is 0.106. The molecule has 1 aliphatic heterocycles. The molecule has 1 aliphatic carbocycles. The summed E-state index contributed by atoms with van der Waals surface area (Å²) in [7, 11) is 1.78. The van der Waals surface area contributed by atoms with E-state index < -0.39 is 0 Å². The van der Waals surface area contributed by atoms with Gasteiger partial charge in [-0.1, -0.05) is 36.5 Å². The van der Waals surface area contributed by atoms with Crippen molar-refractivity contribution < 1.29 is 14.3 Å². The number of amides is 1. The Hall–Kier alpha value is -3.32. The van der Waals surface area contributed by atoms with E-state index in [9.17, 15) is 4.79 Å². The van der Waals surface area contributed by atoms with Crippen LogP contribution in [0.3, 0.4) is 0 Å². The molecule has 0 atom stereocenters. The van der Waals surface area contributed by atoms with Gasteiger partial charge in [-0.3, -0.25) is 10.2 Å². The molecule has 2 N–H and O–H groups in total. The number of ether oxygens (including phenoxy) is 2. The van der Waals surface area contributed by atoms with Crippen LogP contribution < -0.4 is 15.5 Å². The third-order valence-electron chi connectivity index (χ3n) is 5.88. The van der Waals surface area contributed by atoms with Crippen LogP contribution in [0.2, 0.25) is 0 Å². The van der Waals surface area contributed by atoms with Gasteiger partial charge in [-0.15, -0.1) is 0 Å². The Bertz CT molecular complexity index is 1120. The second-order valence-corrected chi connectivity index (χ2v) is 9.61. The van der Waals surface area contributed by atoms with Crippen molar-refractivity contribution in [3.63, 3.8) is 0 Å². The van der Waals surface area contributed by atoms with Gasteiger partial charge in [-0.05, 0) is 75.9 Å². The van der Waals surface area contributed by atoms with Crippen LogP contribution in [0.5, 0.6) is 5.75 Å². The number of hydrazone groups is 1. The van der Waals surface area contributed by atoms with Crippen LogP contribution in [0.15, 0.2) is 41.5 Å². The molecule has 2 aliphatic rings. The SMILES string of the molecule is C=NNC(=S)c1cccc2c1CCC2.CNCC(=O)N1CCOCC1.Cc1ccc(OC(C)C)c(C#N)c1. The number of likely N-dealkylation sites (N-methyl/N-ethyl adjacent to an activating group) is 1. The van der Waals surface area contributed by atoms with Crippen molar-refractivity contribution in [3.05, 3.63) is 64.2 Å². The zero-order valence-electron chi connectivity index (χ0n) is 22.9. The Morgan fingerprint density at radius 2 is 2.00 bits per heavy atom. The van der Waals surface area contributed by atoms with E-state index in [1.54, 1.807) is 7.05 Å². The largest absolute Gasteiger partial charge is 0.490 e. The van der Waals surface area contributed by atoms with Gasteiger partial charge < -0.3 is 19.7 Å². The van der Waals surface area contributed by atoms with Crippen molar-refractivity contribution in [3.8, 4) is 11.8 Å². The van der Waals surface area contributed by atoms with Crippen molar-refractivity contribution in [2.45, 2.75) is 46.1 Å². The molecule has 1 heterocycles. The maximum absolute atomic E-state index is 11.2. The number of carbonyl (C=O) groups is 1. The summed E-state index contributed by atoms with van der Waals surface area (Å²) in [6.45, 7) is 12.5. The van der Waals surface area contributed by atoms with Gasteiger partial charge in [0.15, 0.2) is 0 Å². The number of hydrogen-bond donors (Lipinski definition) is 2. The van der Waals surface area contributed by atoms with E-state index in [2.05, 4.69) is 40.8 Å². The van der Waals surface area contributed by atoms with Gasteiger partial charge in [0.25, 0.3) is 0 Å². The van der Waals surface area contributed by atoms with Gasteiger partial charge in [0.05, 0.1) is 31.4 Å². The molecule has 9 heteroatoms. The van der Waals surface area contributed by atoms with Gasteiger partial charge >= 0.3 is 0 Å². The summed E-state index contributed by atoms with van der Waals surface area (Å²) >= 11 is 5.22. The lowest BCUT2D eigenvalue weighted by Gasteiger charge is -2.26. The standard InChI is InChI=1S/C11H12N2S.C11H13NO.C7H14N2O2/c1-12-13-11(14)10-7-3-5-8-4-2-6-9(8)10;1-8(2)13-11-5-4-9(3)6-10(11)7-12;1-8-6-7(10)9-2-4-11-5-3-9/h3,5,7H,1-2,4,6H2,(H,13,14);4-6,8H,1-3H3;8H,2-6H2,1H3. The molecule has 1 saturated heterocycles. The Balaban J connectivity index is 0.000000202. The molecule has 0 bridgehead atoms. The Labute approximate surface area is 232 Å². The predicted molar refractivity (Wildman–Crippen MR) is 156 cm³/mol. The fraction of sp³-hybridized carbons (Fsp3) is 0.448. The Kier molecular flexibility index (Phi) is 13.4. The van der Waals surface area contributed by atoms with Crippen molar-refractivity contribution >= 4 is 29.8 Å². The van der Waals surface area contributed by atoms with Gasteiger partial charge in [-0.25, -0.2) is 0 Å².